The van der Waals surface area contributed by atoms with Crippen molar-refractivity contribution < 1.29 is 14.3 Å². The number of rotatable bonds is 0. The van der Waals surface area contributed by atoms with Crippen LogP contribution in [-0.2, 0) is 14.3 Å². The zero-order valence-corrected chi connectivity index (χ0v) is 7.72. The van der Waals surface area contributed by atoms with E-state index < -0.39 is 17.1 Å². The van der Waals surface area contributed by atoms with Gasteiger partial charge in [-0.2, -0.15) is 0 Å². The minimum absolute atomic E-state index is 0.257. The average Bonchev–Trinajstić information content (AvgIpc) is 1.82. The van der Waals surface area contributed by atoms with Crippen LogP contribution in [0.15, 0.2) is 0 Å². The van der Waals surface area contributed by atoms with Gasteiger partial charge in [0.1, 0.15) is 5.54 Å². The Labute approximate surface area is 71.3 Å². The van der Waals surface area contributed by atoms with Gasteiger partial charge in [-0.05, 0) is 27.7 Å². The first-order valence-electron chi connectivity index (χ1n) is 3.82. The predicted octanol–water partition coefficient (Wildman–Crippen LogP) is 0.217. The molecule has 0 bridgehead atoms. The van der Waals surface area contributed by atoms with Gasteiger partial charge in [0, 0.05) is 0 Å². The molecule has 1 N–H and O–H groups in total. The Morgan fingerprint density at radius 3 is 2.08 bits per heavy atom. The first kappa shape index (κ1) is 9.03. The number of carbonyl (C=O) groups excluding carboxylic acids is 2. The van der Waals surface area contributed by atoms with Crippen LogP contribution in [0.1, 0.15) is 27.7 Å². The molecular formula is C8H13NO3. The quantitative estimate of drug-likeness (QED) is 0.530. The second-order valence-corrected chi connectivity index (χ2v) is 3.98. The van der Waals surface area contributed by atoms with Gasteiger partial charge in [-0.15, -0.1) is 0 Å². The molecule has 1 saturated heterocycles. The molecule has 0 spiro atoms. The molecule has 0 atom stereocenters. The van der Waals surface area contributed by atoms with E-state index in [1.54, 1.807) is 27.7 Å². The van der Waals surface area contributed by atoms with Gasteiger partial charge in [0.05, 0.1) is 0 Å². The number of esters is 1. The molecule has 68 valence electrons. The maximum atomic E-state index is 11.3. The number of morpholine rings is 1. The first-order chi connectivity index (χ1) is 5.26. The van der Waals surface area contributed by atoms with Crippen molar-refractivity contribution in [1.82, 2.24) is 5.32 Å². The highest BCUT2D eigenvalue weighted by Gasteiger charge is 2.46. The zero-order valence-electron chi connectivity index (χ0n) is 7.72. The van der Waals surface area contributed by atoms with E-state index in [-0.39, 0.29) is 5.91 Å². The molecule has 12 heavy (non-hydrogen) atoms. The molecule has 0 saturated carbocycles. The molecule has 0 aromatic heterocycles. The van der Waals surface area contributed by atoms with Gasteiger partial charge >= 0.3 is 5.97 Å². The molecule has 0 aromatic rings. The summed E-state index contributed by atoms with van der Waals surface area (Å²) < 4.78 is 4.95. The summed E-state index contributed by atoms with van der Waals surface area (Å²) in [4.78, 5) is 22.5. The Morgan fingerprint density at radius 2 is 1.67 bits per heavy atom. The summed E-state index contributed by atoms with van der Waals surface area (Å²) in [5.41, 5.74) is -1.93. The summed E-state index contributed by atoms with van der Waals surface area (Å²) in [6, 6.07) is 0. The minimum atomic E-state index is -1.04. The van der Waals surface area contributed by atoms with Gasteiger partial charge in [0.25, 0.3) is 5.91 Å². The molecule has 4 nitrogen and oxygen atoms in total. The van der Waals surface area contributed by atoms with Crippen LogP contribution in [-0.4, -0.2) is 23.0 Å². The number of cyclic esters (lactones) is 1. The molecule has 0 aliphatic carbocycles. The van der Waals surface area contributed by atoms with Crippen LogP contribution in [0.3, 0.4) is 0 Å². The fourth-order valence-corrected chi connectivity index (χ4v) is 0.891. The van der Waals surface area contributed by atoms with E-state index in [0.29, 0.717) is 0 Å². The van der Waals surface area contributed by atoms with Crippen LogP contribution >= 0.6 is 0 Å². The average molecular weight is 171 g/mol. The summed E-state index contributed by atoms with van der Waals surface area (Å²) in [5, 5.41) is 2.58. The van der Waals surface area contributed by atoms with Crippen LogP contribution < -0.4 is 5.32 Å². The fourth-order valence-electron chi connectivity index (χ4n) is 0.891. The summed E-state index contributed by atoms with van der Waals surface area (Å²) >= 11 is 0. The zero-order chi connectivity index (χ0) is 9.57. The maximum Gasteiger partial charge on any atom is 0.332 e. The van der Waals surface area contributed by atoms with Crippen molar-refractivity contribution in [3.63, 3.8) is 0 Å². The summed E-state index contributed by atoms with van der Waals surface area (Å²) in [6.45, 7) is 6.36. The molecule has 1 amide bonds. The SMILES string of the molecule is CC1(C)NC(=O)C(C)(C)OC1=O. The van der Waals surface area contributed by atoms with E-state index in [2.05, 4.69) is 5.32 Å². The Hall–Kier alpha value is -1.06. The second kappa shape index (κ2) is 2.21. The minimum Gasteiger partial charge on any atom is -0.448 e. The third-order valence-electron chi connectivity index (χ3n) is 1.83. The van der Waals surface area contributed by atoms with Crippen LogP contribution in [0.2, 0.25) is 0 Å². The predicted molar refractivity (Wildman–Crippen MR) is 42.4 cm³/mol. The summed E-state index contributed by atoms with van der Waals surface area (Å²) in [5.74, 6) is -0.654. The molecule has 4 heteroatoms. The maximum absolute atomic E-state index is 11.3. The summed E-state index contributed by atoms with van der Waals surface area (Å²) in [7, 11) is 0. The lowest BCUT2D eigenvalue weighted by Crippen LogP contribution is -2.63. The van der Waals surface area contributed by atoms with Gasteiger partial charge in [0.2, 0.25) is 0 Å². The molecule has 0 aromatic carbocycles. The van der Waals surface area contributed by atoms with E-state index in [1.165, 1.54) is 0 Å². The highest BCUT2D eigenvalue weighted by molar-refractivity contribution is 5.96. The fraction of sp³-hybridized carbons (Fsp3) is 0.750. The Morgan fingerprint density at radius 1 is 1.17 bits per heavy atom. The van der Waals surface area contributed by atoms with Crippen LogP contribution in [0.5, 0.6) is 0 Å². The lowest BCUT2D eigenvalue weighted by Gasteiger charge is -2.37. The Bertz CT molecular complexity index is 217. The monoisotopic (exact) mass is 171 g/mol. The Kier molecular flexibility index (Phi) is 1.67. The van der Waals surface area contributed by atoms with Crippen molar-refractivity contribution in [2.24, 2.45) is 0 Å². The van der Waals surface area contributed by atoms with Crippen molar-refractivity contribution in [3.05, 3.63) is 0 Å². The van der Waals surface area contributed by atoms with Gasteiger partial charge in [0.15, 0.2) is 5.60 Å². The Balaban J connectivity index is 2.91. The van der Waals surface area contributed by atoms with Crippen LogP contribution in [0.4, 0.5) is 0 Å². The number of nitrogens with one attached hydrogen (secondary N) is 1. The third-order valence-corrected chi connectivity index (χ3v) is 1.83. The van der Waals surface area contributed by atoms with Crippen molar-refractivity contribution in [3.8, 4) is 0 Å². The smallest absolute Gasteiger partial charge is 0.332 e. The lowest BCUT2D eigenvalue weighted by molar-refractivity contribution is -0.180. The summed E-state index contributed by atoms with van der Waals surface area (Å²) in [6.07, 6.45) is 0. The van der Waals surface area contributed by atoms with E-state index in [9.17, 15) is 9.59 Å². The normalized spacial score (nSPS) is 26.0. The highest BCUT2D eigenvalue weighted by atomic mass is 16.6. The van der Waals surface area contributed by atoms with Crippen molar-refractivity contribution in [2.75, 3.05) is 0 Å². The lowest BCUT2D eigenvalue weighted by atomic mass is 9.98. The van der Waals surface area contributed by atoms with Crippen molar-refractivity contribution in [1.29, 1.82) is 0 Å². The molecule has 0 radical (unpaired) electrons. The number of hydrogen-bond donors (Lipinski definition) is 1. The molecular weight excluding hydrogens is 158 g/mol. The van der Waals surface area contributed by atoms with Gasteiger partial charge in [-0.1, -0.05) is 0 Å². The molecule has 1 rings (SSSR count). The number of carbonyl (C=O) groups is 2. The van der Waals surface area contributed by atoms with E-state index >= 15 is 0 Å². The molecule has 1 aliphatic heterocycles. The van der Waals surface area contributed by atoms with Gasteiger partial charge in [-0.25, -0.2) is 4.79 Å². The van der Waals surface area contributed by atoms with Gasteiger partial charge in [-0.3, -0.25) is 4.79 Å². The van der Waals surface area contributed by atoms with Crippen molar-refractivity contribution >= 4 is 11.9 Å². The van der Waals surface area contributed by atoms with Crippen molar-refractivity contribution in [2.45, 2.75) is 38.8 Å². The van der Waals surface area contributed by atoms with Gasteiger partial charge < -0.3 is 10.1 Å². The van der Waals surface area contributed by atoms with Crippen LogP contribution in [0, 0.1) is 0 Å². The number of hydrogen-bond acceptors (Lipinski definition) is 3. The molecule has 1 fully saturated rings. The second-order valence-electron chi connectivity index (χ2n) is 3.98. The number of amides is 1. The topological polar surface area (TPSA) is 55.4 Å². The van der Waals surface area contributed by atoms with E-state index in [4.69, 9.17) is 4.74 Å². The first-order valence-corrected chi connectivity index (χ1v) is 3.82. The van der Waals surface area contributed by atoms with E-state index in [0.717, 1.165) is 0 Å². The number of ether oxygens (including phenoxy) is 1. The van der Waals surface area contributed by atoms with E-state index in [1.807, 2.05) is 0 Å². The molecule has 0 unspecified atom stereocenters. The standard InChI is InChI=1S/C8H13NO3/c1-7(2)6(11)12-8(3,4)5(10)9-7/h1-4H3,(H,9,10). The third kappa shape index (κ3) is 1.29. The molecule has 1 heterocycles. The van der Waals surface area contributed by atoms with Crippen LogP contribution in [0.25, 0.3) is 0 Å². The molecule has 1 aliphatic rings. The highest BCUT2D eigenvalue weighted by Crippen LogP contribution is 2.21. The largest absolute Gasteiger partial charge is 0.448 e.